The van der Waals surface area contributed by atoms with E-state index in [1.54, 1.807) is 0 Å². The molecule has 0 aliphatic carbocycles. The van der Waals surface area contributed by atoms with Crippen molar-refractivity contribution in [2.75, 3.05) is 0 Å². The average Bonchev–Trinajstić information content (AvgIpc) is 3.11. The van der Waals surface area contributed by atoms with Crippen LogP contribution in [0.5, 0.6) is 0 Å². The van der Waals surface area contributed by atoms with Gasteiger partial charge in [0.1, 0.15) is 0 Å². The SMILES string of the molecule is c1ccc(-c2cc(-c3cc(-c4ccnc5ccccc45)cc(-c4ccnc5ccccc45)c3)cc(-c3ccccc3)n2)cc1. The summed E-state index contributed by atoms with van der Waals surface area (Å²) >= 11 is 0. The normalized spacial score (nSPS) is 11.2. The Hall–Kier alpha value is -5.93. The molecule has 0 aliphatic heterocycles. The molecule has 0 fully saturated rings. The third kappa shape index (κ3) is 4.81. The number of hydrogen-bond donors (Lipinski definition) is 0. The standard InChI is InChI=1S/C41H27N3/c1-3-11-28(12-4-1)40-26-31(27-41(44-40)29-13-5-2-6-14-29)30-23-32(34-19-21-42-38-17-9-7-15-36(34)38)25-33(24-30)35-20-22-43-39-18-10-8-16-37(35)39/h1-27H. The molecule has 8 rings (SSSR count). The summed E-state index contributed by atoms with van der Waals surface area (Å²) in [5.74, 6) is 0. The minimum Gasteiger partial charge on any atom is -0.256 e. The quantitative estimate of drug-likeness (QED) is 0.210. The van der Waals surface area contributed by atoms with Gasteiger partial charge in [0.15, 0.2) is 0 Å². The van der Waals surface area contributed by atoms with Gasteiger partial charge in [-0.05, 0) is 88.0 Å². The smallest absolute Gasteiger partial charge is 0.0715 e. The topological polar surface area (TPSA) is 38.7 Å². The fourth-order valence-corrected chi connectivity index (χ4v) is 6.01. The van der Waals surface area contributed by atoms with Gasteiger partial charge in [-0.1, -0.05) is 97.1 Å². The predicted molar refractivity (Wildman–Crippen MR) is 182 cm³/mol. The zero-order valence-corrected chi connectivity index (χ0v) is 23.9. The van der Waals surface area contributed by atoms with Gasteiger partial charge in [0.25, 0.3) is 0 Å². The fraction of sp³-hybridized carbons (Fsp3) is 0. The highest BCUT2D eigenvalue weighted by molar-refractivity contribution is 5.99. The molecule has 44 heavy (non-hydrogen) atoms. The molecular weight excluding hydrogens is 534 g/mol. The van der Waals surface area contributed by atoms with E-state index in [0.29, 0.717) is 0 Å². The lowest BCUT2D eigenvalue weighted by molar-refractivity contribution is 1.32. The number of pyridine rings is 3. The van der Waals surface area contributed by atoms with Crippen LogP contribution in [0.1, 0.15) is 0 Å². The molecule has 0 atom stereocenters. The third-order valence-corrected chi connectivity index (χ3v) is 8.15. The molecule has 3 heteroatoms. The largest absolute Gasteiger partial charge is 0.256 e. The molecular formula is C41H27N3. The second kappa shape index (κ2) is 11.0. The van der Waals surface area contributed by atoms with E-state index in [0.717, 1.165) is 77.7 Å². The van der Waals surface area contributed by atoms with Gasteiger partial charge in [-0.2, -0.15) is 0 Å². The lowest BCUT2D eigenvalue weighted by Crippen LogP contribution is -1.93. The summed E-state index contributed by atoms with van der Waals surface area (Å²) in [5, 5.41) is 2.25. The Morgan fingerprint density at radius 1 is 0.318 bits per heavy atom. The first kappa shape index (κ1) is 25.8. The molecule has 8 aromatic rings. The predicted octanol–water partition coefficient (Wildman–Crippen LogP) is 10.5. The van der Waals surface area contributed by atoms with Crippen LogP contribution < -0.4 is 0 Å². The van der Waals surface area contributed by atoms with Gasteiger partial charge in [0, 0.05) is 34.3 Å². The zero-order valence-electron chi connectivity index (χ0n) is 23.9. The molecule has 3 nitrogen and oxygen atoms in total. The summed E-state index contributed by atoms with van der Waals surface area (Å²) in [7, 11) is 0. The lowest BCUT2D eigenvalue weighted by atomic mass is 9.90. The molecule has 0 saturated heterocycles. The first-order valence-corrected chi connectivity index (χ1v) is 14.8. The third-order valence-electron chi connectivity index (χ3n) is 8.15. The molecule has 5 aromatic carbocycles. The average molecular weight is 562 g/mol. The van der Waals surface area contributed by atoms with Crippen LogP contribution in [0.25, 0.3) is 77.7 Å². The van der Waals surface area contributed by atoms with Gasteiger partial charge in [0.05, 0.1) is 22.4 Å². The number of fused-ring (bicyclic) bond motifs is 2. The number of rotatable bonds is 5. The van der Waals surface area contributed by atoms with E-state index in [1.165, 1.54) is 0 Å². The van der Waals surface area contributed by atoms with Crippen LogP contribution in [-0.2, 0) is 0 Å². The molecule has 0 spiro atoms. The summed E-state index contributed by atoms with van der Waals surface area (Å²) in [6, 6.07) is 53.0. The number of aromatic nitrogens is 3. The van der Waals surface area contributed by atoms with Gasteiger partial charge >= 0.3 is 0 Å². The summed E-state index contributed by atoms with van der Waals surface area (Å²) in [6.07, 6.45) is 3.80. The minimum atomic E-state index is 0.942. The van der Waals surface area contributed by atoms with Crippen molar-refractivity contribution in [3.05, 3.63) is 164 Å². The van der Waals surface area contributed by atoms with Crippen molar-refractivity contribution in [1.29, 1.82) is 0 Å². The molecule has 3 heterocycles. The Morgan fingerprint density at radius 2 is 0.727 bits per heavy atom. The molecule has 0 aliphatic rings. The van der Waals surface area contributed by atoms with E-state index in [9.17, 15) is 0 Å². The molecule has 0 unspecified atom stereocenters. The number of para-hydroxylation sites is 2. The Morgan fingerprint density at radius 3 is 1.23 bits per heavy atom. The van der Waals surface area contributed by atoms with Crippen LogP contribution in [0.4, 0.5) is 0 Å². The Kier molecular flexibility index (Phi) is 6.47. The van der Waals surface area contributed by atoms with Crippen molar-refractivity contribution in [2.45, 2.75) is 0 Å². The summed E-state index contributed by atoms with van der Waals surface area (Å²) < 4.78 is 0. The van der Waals surface area contributed by atoms with Gasteiger partial charge in [0.2, 0.25) is 0 Å². The first-order valence-electron chi connectivity index (χ1n) is 14.8. The van der Waals surface area contributed by atoms with Crippen LogP contribution >= 0.6 is 0 Å². The highest BCUT2D eigenvalue weighted by atomic mass is 14.7. The molecule has 0 radical (unpaired) electrons. The number of hydrogen-bond acceptors (Lipinski definition) is 3. The number of benzene rings is 5. The van der Waals surface area contributed by atoms with Crippen LogP contribution in [0.15, 0.2) is 164 Å². The van der Waals surface area contributed by atoms with Crippen molar-refractivity contribution in [1.82, 2.24) is 15.0 Å². The maximum absolute atomic E-state index is 5.13. The second-order valence-corrected chi connectivity index (χ2v) is 10.9. The second-order valence-electron chi connectivity index (χ2n) is 10.9. The van der Waals surface area contributed by atoms with Crippen LogP contribution in [-0.4, -0.2) is 15.0 Å². The Labute approximate surface area is 256 Å². The Bertz CT molecular complexity index is 2110. The monoisotopic (exact) mass is 561 g/mol. The molecule has 206 valence electrons. The molecule has 0 saturated carbocycles. The van der Waals surface area contributed by atoms with Crippen molar-refractivity contribution < 1.29 is 0 Å². The lowest BCUT2D eigenvalue weighted by Gasteiger charge is -2.15. The van der Waals surface area contributed by atoms with E-state index >= 15 is 0 Å². The van der Waals surface area contributed by atoms with E-state index in [2.05, 4.69) is 137 Å². The van der Waals surface area contributed by atoms with Crippen LogP contribution in [0.2, 0.25) is 0 Å². The molecule has 0 bridgehead atoms. The maximum Gasteiger partial charge on any atom is 0.0715 e. The van der Waals surface area contributed by atoms with Crippen LogP contribution in [0.3, 0.4) is 0 Å². The van der Waals surface area contributed by atoms with Crippen molar-refractivity contribution >= 4 is 21.8 Å². The summed E-state index contributed by atoms with van der Waals surface area (Å²) in [5.41, 5.74) is 12.8. The highest BCUT2D eigenvalue weighted by Crippen LogP contribution is 2.39. The highest BCUT2D eigenvalue weighted by Gasteiger charge is 2.14. The van der Waals surface area contributed by atoms with E-state index in [1.807, 2.05) is 36.7 Å². The Balaban J connectivity index is 1.41. The minimum absolute atomic E-state index is 0.942. The molecule has 3 aromatic heterocycles. The maximum atomic E-state index is 5.13. The van der Waals surface area contributed by atoms with E-state index < -0.39 is 0 Å². The zero-order chi connectivity index (χ0) is 29.3. The van der Waals surface area contributed by atoms with Gasteiger partial charge in [-0.15, -0.1) is 0 Å². The summed E-state index contributed by atoms with van der Waals surface area (Å²) in [6.45, 7) is 0. The van der Waals surface area contributed by atoms with E-state index in [4.69, 9.17) is 4.98 Å². The van der Waals surface area contributed by atoms with E-state index in [-0.39, 0.29) is 0 Å². The van der Waals surface area contributed by atoms with Gasteiger partial charge in [-0.25, -0.2) is 4.98 Å². The van der Waals surface area contributed by atoms with Gasteiger partial charge in [-0.3, -0.25) is 9.97 Å². The fourth-order valence-electron chi connectivity index (χ4n) is 6.01. The number of nitrogens with zero attached hydrogens (tertiary/aromatic N) is 3. The van der Waals surface area contributed by atoms with Crippen molar-refractivity contribution in [2.24, 2.45) is 0 Å². The van der Waals surface area contributed by atoms with Gasteiger partial charge < -0.3 is 0 Å². The molecule has 0 N–H and O–H groups in total. The van der Waals surface area contributed by atoms with Crippen LogP contribution in [0, 0.1) is 0 Å². The molecule has 0 amide bonds. The summed E-state index contributed by atoms with van der Waals surface area (Å²) in [4.78, 5) is 14.4. The van der Waals surface area contributed by atoms with Crippen molar-refractivity contribution in [3.8, 4) is 55.9 Å². The van der Waals surface area contributed by atoms with Crippen molar-refractivity contribution in [3.63, 3.8) is 0 Å². The first-order chi connectivity index (χ1) is 21.8.